The van der Waals surface area contributed by atoms with E-state index in [1.54, 1.807) is 25.2 Å². The number of halogens is 1. The number of hydrogen-bond acceptors (Lipinski definition) is 2. The summed E-state index contributed by atoms with van der Waals surface area (Å²) in [5.74, 6) is 0.191. The third kappa shape index (κ3) is 4.73. The molecule has 0 radical (unpaired) electrons. The number of carbonyl (C=O) groups is 2. The van der Waals surface area contributed by atoms with Gasteiger partial charge in [0.2, 0.25) is 5.91 Å². The molecule has 27 heavy (non-hydrogen) atoms. The minimum atomic E-state index is -0.298. The lowest BCUT2D eigenvalue weighted by molar-refractivity contribution is -0.125. The molecule has 0 unspecified atom stereocenters. The molecule has 4 nitrogen and oxygen atoms in total. The summed E-state index contributed by atoms with van der Waals surface area (Å²) in [5, 5.41) is 5.75. The molecule has 0 spiro atoms. The first kappa shape index (κ1) is 19.1. The Bertz CT molecular complexity index is 796. The van der Waals surface area contributed by atoms with E-state index in [-0.39, 0.29) is 23.5 Å². The molecule has 1 fully saturated rings. The van der Waals surface area contributed by atoms with Crippen LogP contribution in [0.5, 0.6) is 0 Å². The molecule has 1 saturated carbocycles. The second-order valence-electron chi connectivity index (χ2n) is 7.09. The Morgan fingerprint density at radius 3 is 2.33 bits per heavy atom. The largest absolute Gasteiger partial charge is 0.359 e. The van der Waals surface area contributed by atoms with E-state index in [9.17, 15) is 14.0 Å². The Morgan fingerprint density at radius 1 is 1.00 bits per heavy atom. The second-order valence-corrected chi connectivity index (χ2v) is 7.09. The van der Waals surface area contributed by atoms with Gasteiger partial charge in [-0.25, -0.2) is 4.39 Å². The highest BCUT2D eigenvalue weighted by atomic mass is 19.1. The number of carbonyl (C=O) groups excluding carboxylic acids is 2. The standard InChI is InChI=1S/C22H25FN2O2/c1-24-21(26)17-8-6-15(7-9-17)14-25-22(27)20-5-3-2-4-19(20)16-10-12-18(23)13-11-16/h2-5,10-13,15,17H,6-9,14H2,1H3,(H,24,26)(H,25,27). The van der Waals surface area contributed by atoms with Crippen LogP contribution >= 0.6 is 0 Å². The van der Waals surface area contributed by atoms with E-state index in [1.807, 2.05) is 18.2 Å². The van der Waals surface area contributed by atoms with Gasteiger partial charge in [-0.05, 0) is 60.9 Å². The third-order valence-electron chi connectivity index (χ3n) is 5.34. The predicted octanol–water partition coefficient (Wildman–Crippen LogP) is 3.77. The molecule has 2 N–H and O–H groups in total. The van der Waals surface area contributed by atoms with E-state index in [1.165, 1.54) is 12.1 Å². The van der Waals surface area contributed by atoms with Crippen LogP contribution in [0.15, 0.2) is 48.5 Å². The Hall–Kier alpha value is -2.69. The average molecular weight is 368 g/mol. The molecular weight excluding hydrogens is 343 g/mol. The first-order valence-electron chi connectivity index (χ1n) is 9.43. The van der Waals surface area contributed by atoms with Crippen molar-refractivity contribution in [3.8, 4) is 11.1 Å². The minimum absolute atomic E-state index is 0.0983. The lowest BCUT2D eigenvalue weighted by atomic mass is 9.81. The summed E-state index contributed by atoms with van der Waals surface area (Å²) >= 11 is 0. The van der Waals surface area contributed by atoms with Crippen LogP contribution in [0.2, 0.25) is 0 Å². The molecule has 0 heterocycles. The van der Waals surface area contributed by atoms with Crippen molar-refractivity contribution in [3.05, 3.63) is 59.9 Å². The van der Waals surface area contributed by atoms with Gasteiger partial charge in [0, 0.05) is 25.1 Å². The maximum Gasteiger partial charge on any atom is 0.251 e. The van der Waals surface area contributed by atoms with Gasteiger partial charge in [-0.2, -0.15) is 0 Å². The van der Waals surface area contributed by atoms with Crippen molar-refractivity contribution in [3.63, 3.8) is 0 Å². The molecule has 3 rings (SSSR count). The maximum absolute atomic E-state index is 13.2. The van der Waals surface area contributed by atoms with E-state index in [0.717, 1.165) is 36.8 Å². The van der Waals surface area contributed by atoms with E-state index in [4.69, 9.17) is 0 Å². The Labute approximate surface area is 159 Å². The molecule has 2 amide bonds. The number of amides is 2. The normalized spacial score (nSPS) is 19.3. The van der Waals surface area contributed by atoms with Gasteiger partial charge in [-0.1, -0.05) is 30.3 Å². The van der Waals surface area contributed by atoms with Crippen LogP contribution in [0.4, 0.5) is 4.39 Å². The van der Waals surface area contributed by atoms with Gasteiger partial charge in [0.15, 0.2) is 0 Å². The van der Waals surface area contributed by atoms with Gasteiger partial charge in [0.1, 0.15) is 5.82 Å². The van der Waals surface area contributed by atoms with Gasteiger partial charge in [-0.15, -0.1) is 0 Å². The first-order valence-corrected chi connectivity index (χ1v) is 9.43. The van der Waals surface area contributed by atoms with Crippen molar-refractivity contribution in [2.45, 2.75) is 25.7 Å². The fourth-order valence-corrected chi connectivity index (χ4v) is 3.73. The lowest BCUT2D eigenvalue weighted by Crippen LogP contribution is -2.35. The molecule has 0 saturated heterocycles. The first-order chi connectivity index (χ1) is 13.1. The fraction of sp³-hybridized carbons (Fsp3) is 0.364. The van der Waals surface area contributed by atoms with Crippen molar-refractivity contribution in [1.29, 1.82) is 0 Å². The van der Waals surface area contributed by atoms with Gasteiger partial charge < -0.3 is 10.6 Å². The predicted molar refractivity (Wildman–Crippen MR) is 104 cm³/mol. The number of hydrogen-bond donors (Lipinski definition) is 2. The van der Waals surface area contributed by atoms with Crippen LogP contribution in [0.25, 0.3) is 11.1 Å². The van der Waals surface area contributed by atoms with E-state index in [0.29, 0.717) is 18.0 Å². The monoisotopic (exact) mass is 368 g/mol. The van der Waals surface area contributed by atoms with Crippen LogP contribution < -0.4 is 10.6 Å². The smallest absolute Gasteiger partial charge is 0.251 e. The summed E-state index contributed by atoms with van der Waals surface area (Å²) in [5.41, 5.74) is 2.19. The third-order valence-corrected chi connectivity index (χ3v) is 5.34. The Kier molecular flexibility index (Phi) is 6.22. The van der Waals surface area contributed by atoms with E-state index in [2.05, 4.69) is 10.6 Å². The van der Waals surface area contributed by atoms with E-state index >= 15 is 0 Å². The summed E-state index contributed by atoms with van der Waals surface area (Å²) in [6.07, 6.45) is 3.62. The molecule has 0 aromatic heterocycles. The van der Waals surface area contributed by atoms with Crippen LogP contribution in [0, 0.1) is 17.7 Å². The second kappa shape index (κ2) is 8.80. The van der Waals surface area contributed by atoms with Gasteiger partial charge >= 0.3 is 0 Å². The Morgan fingerprint density at radius 2 is 1.67 bits per heavy atom. The van der Waals surface area contributed by atoms with Crippen molar-refractivity contribution < 1.29 is 14.0 Å². The highest BCUT2D eigenvalue weighted by molar-refractivity contribution is 6.00. The molecular formula is C22H25FN2O2. The fourth-order valence-electron chi connectivity index (χ4n) is 3.73. The van der Waals surface area contributed by atoms with Gasteiger partial charge in [-0.3, -0.25) is 9.59 Å². The van der Waals surface area contributed by atoms with Crippen molar-refractivity contribution in [1.82, 2.24) is 10.6 Å². The highest BCUT2D eigenvalue weighted by Crippen LogP contribution is 2.29. The van der Waals surface area contributed by atoms with E-state index < -0.39 is 0 Å². The quantitative estimate of drug-likeness (QED) is 0.844. The van der Waals surface area contributed by atoms with Crippen LogP contribution in [-0.4, -0.2) is 25.4 Å². The molecule has 2 aromatic carbocycles. The number of rotatable bonds is 5. The topological polar surface area (TPSA) is 58.2 Å². The van der Waals surface area contributed by atoms with Crippen molar-refractivity contribution in [2.75, 3.05) is 13.6 Å². The summed E-state index contributed by atoms with van der Waals surface area (Å²) in [6.45, 7) is 0.608. The zero-order chi connectivity index (χ0) is 19.2. The SMILES string of the molecule is CNC(=O)C1CCC(CNC(=O)c2ccccc2-c2ccc(F)cc2)CC1. The summed E-state index contributed by atoms with van der Waals surface area (Å²) in [7, 11) is 1.67. The summed E-state index contributed by atoms with van der Waals surface area (Å²) in [6, 6.07) is 13.5. The highest BCUT2D eigenvalue weighted by Gasteiger charge is 2.26. The zero-order valence-electron chi connectivity index (χ0n) is 15.5. The van der Waals surface area contributed by atoms with Crippen LogP contribution in [0.1, 0.15) is 36.0 Å². The zero-order valence-corrected chi connectivity index (χ0v) is 15.5. The van der Waals surface area contributed by atoms with Crippen LogP contribution in [-0.2, 0) is 4.79 Å². The number of nitrogens with one attached hydrogen (secondary N) is 2. The van der Waals surface area contributed by atoms with Gasteiger partial charge in [0.05, 0.1) is 0 Å². The van der Waals surface area contributed by atoms with Gasteiger partial charge in [0.25, 0.3) is 5.91 Å². The molecule has 0 atom stereocenters. The van der Waals surface area contributed by atoms with Crippen molar-refractivity contribution >= 4 is 11.8 Å². The average Bonchev–Trinajstić information content (AvgIpc) is 2.72. The molecule has 0 bridgehead atoms. The van der Waals surface area contributed by atoms with Crippen LogP contribution in [0.3, 0.4) is 0 Å². The van der Waals surface area contributed by atoms with Crippen molar-refractivity contribution in [2.24, 2.45) is 11.8 Å². The lowest BCUT2D eigenvalue weighted by Gasteiger charge is -2.27. The summed E-state index contributed by atoms with van der Waals surface area (Å²) in [4.78, 5) is 24.4. The minimum Gasteiger partial charge on any atom is -0.359 e. The maximum atomic E-state index is 13.2. The molecule has 0 aliphatic heterocycles. The molecule has 5 heteroatoms. The Balaban J connectivity index is 1.61. The summed E-state index contributed by atoms with van der Waals surface area (Å²) < 4.78 is 13.2. The molecule has 2 aromatic rings. The molecule has 142 valence electrons. The number of benzene rings is 2. The molecule has 1 aliphatic carbocycles. The molecule has 1 aliphatic rings.